The van der Waals surface area contributed by atoms with Crippen molar-refractivity contribution in [2.75, 3.05) is 6.61 Å². The highest BCUT2D eigenvalue weighted by molar-refractivity contribution is 5.94. The van der Waals surface area contributed by atoms with Crippen LogP contribution in [0.5, 0.6) is 0 Å². The number of nitrogens with one attached hydrogen (secondary N) is 1. The van der Waals surface area contributed by atoms with Gasteiger partial charge in [0.1, 0.15) is 23.9 Å². The first-order valence-electron chi connectivity index (χ1n) is 5.78. The van der Waals surface area contributed by atoms with Crippen LogP contribution in [0.15, 0.2) is 24.3 Å². The Balaban J connectivity index is 2.46. The molecule has 0 aliphatic carbocycles. The zero-order valence-electron chi connectivity index (χ0n) is 10.3. The Morgan fingerprint density at radius 1 is 1.42 bits per heavy atom. The predicted octanol–water partition coefficient (Wildman–Crippen LogP) is 1.88. The predicted molar refractivity (Wildman–Crippen MR) is 65.9 cm³/mol. The minimum atomic E-state index is -0.561. The summed E-state index contributed by atoms with van der Waals surface area (Å²) in [4.78, 5) is 18.6. The number of nitrogens with zero attached hydrogens (tertiary/aromatic N) is 1. The highest BCUT2D eigenvalue weighted by Gasteiger charge is 2.19. The van der Waals surface area contributed by atoms with Crippen molar-refractivity contribution in [2.45, 2.75) is 13.5 Å². The van der Waals surface area contributed by atoms with E-state index in [1.807, 2.05) is 0 Å². The Hall–Kier alpha value is -2.21. The molecule has 100 valence electrons. The van der Waals surface area contributed by atoms with Gasteiger partial charge in [-0.15, -0.1) is 0 Å². The lowest BCUT2D eigenvalue weighted by Gasteiger charge is -2.02. The third-order valence-corrected chi connectivity index (χ3v) is 2.50. The third-order valence-electron chi connectivity index (χ3n) is 2.50. The molecular formula is C13H13FN2O3. The molecule has 0 spiro atoms. The zero-order chi connectivity index (χ0) is 13.8. The fraction of sp³-hybridized carbons (Fsp3) is 0.231. The maximum atomic E-state index is 12.9. The molecule has 6 heteroatoms. The van der Waals surface area contributed by atoms with Crippen molar-refractivity contribution in [3.05, 3.63) is 41.6 Å². The molecule has 0 aliphatic heterocycles. The molecule has 0 saturated carbocycles. The van der Waals surface area contributed by atoms with Crippen LogP contribution in [-0.2, 0) is 11.3 Å². The number of rotatable bonds is 4. The van der Waals surface area contributed by atoms with E-state index in [0.29, 0.717) is 11.3 Å². The normalized spacial score (nSPS) is 10.5. The number of aromatic nitrogens is 2. The van der Waals surface area contributed by atoms with Crippen LogP contribution in [0.4, 0.5) is 4.39 Å². The summed E-state index contributed by atoms with van der Waals surface area (Å²) in [5.74, 6) is -0.684. The Morgan fingerprint density at radius 3 is 2.68 bits per heavy atom. The number of hydrogen-bond donors (Lipinski definition) is 2. The van der Waals surface area contributed by atoms with E-state index in [1.54, 1.807) is 6.92 Å². The number of aromatic amines is 1. The number of hydrogen-bond acceptors (Lipinski definition) is 4. The molecule has 0 radical (unpaired) electrons. The molecule has 2 rings (SSSR count). The van der Waals surface area contributed by atoms with E-state index in [9.17, 15) is 9.18 Å². The average molecular weight is 264 g/mol. The van der Waals surface area contributed by atoms with Crippen molar-refractivity contribution in [2.24, 2.45) is 0 Å². The second kappa shape index (κ2) is 5.62. The topological polar surface area (TPSA) is 75.2 Å². The number of carbonyl (C=O) groups excluding carboxylic acids is 1. The van der Waals surface area contributed by atoms with Crippen molar-refractivity contribution in [1.82, 2.24) is 9.97 Å². The van der Waals surface area contributed by atoms with Crippen molar-refractivity contribution in [3.8, 4) is 11.3 Å². The number of ether oxygens (including phenoxy) is 1. The average Bonchev–Trinajstić information content (AvgIpc) is 2.84. The monoisotopic (exact) mass is 264 g/mol. The van der Waals surface area contributed by atoms with Crippen LogP contribution in [0.2, 0.25) is 0 Å². The van der Waals surface area contributed by atoms with Gasteiger partial charge in [-0.05, 0) is 31.2 Å². The van der Waals surface area contributed by atoms with E-state index in [0.717, 1.165) is 0 Å². The first-order valence-corrected chi connectivity index (χ1v) is 5.78. The maximum Gasteiger partial charge on any atom is 0.357 e. The summed E-state index contributed by atoms with van der Waals surface area (Å²) in [5, 5.41) is 9.07. The third kappa shape index (κ3) is 2.79. The second-order valence-corrected chi connectivity index (χ2v) is 3.79. The number of aliphatic hydroxyl groups excluding tert-OH is 1. The van der Waals surface area contributed by atoms with Gasteiger partial charge in [0.25, 0.3) is 0 Å². The van der Waals surface area contributed by atoms with Crippen LogP contribution in [0, 0.1) is 5.82 Å². The Morgan fingerprint density at radius 2 is 2.11 bits per heavy atom. The molecule has 1 heterocycles. The lowest BCUT2D eigenvalue weighted by molar-refractivity contribution is 0.0521. The number of benzene rings is 1. The lowest BCUT2D eigenvalue weighted by atomic mass is 10.1. The standard InChI is InChI=1S/C13H13FN2O3/c1-2-19-13(18)12-11(15-10(7-17)16-12)8-3-5-9(14)6-4-8/h3-6,17H,2,7H2,1H3,(H,15,16). The van der Waals surface area contributed by atoms with Crippen LogP contribution < -0.4 is 0 Å². The number of halogens is 1. The fourth-order valence-corrected chi connectivity index (χ4v) is 1.66. The van der Waals surface area contributed by atoms with Gasteiger partial charge in [-0.1, -0.05) is 0 Å². The molecule has 0 atom stereocenters. The summed E-state index contributed by atoms with van der Waals surface area (Å²) in [5.41, 5.74) is 1.06. The molecule has 0 aliphatic rings. The second-order valence-electron chi connectivity index (χ2n) is 3.79. The van der Waals surface area contributed by atoms with Crippen molar-refractivity contribution in [3.63, 3.8) is 0 Å². The van der Waals surface area contributed by atoms with Gasteiger partial charge in [0.15, 0.2) is 5.69 Å². The first kappa shape index (κ1) is 13.2. The maximum absolute atomic E-state index is 12.9. The Bertz CT molecular complexity index is 578. The number of aliphatic hydroxyl groups is 1. The molecular weight excluding hydrogens is 251 g/mol. The van der Waals surface area contributed by atoms with Gasteiger partial charge in [-0.3, -0.25) is 0 Å². The van der Waals surface area contributed by atoms with E-state index >= 15 is 0 Å². The van der Waals surface area contributed by atoms with Crippen molar-refractivity contribution in [1.29, 1.82) is 0 Å². The smallest absolute Gasteiger partial charge is 0.357 e. The summed E-state index contributed by atoms with van der Waals surface area (Å²) in [6.45, 7) is 1.60. The van der Waals surface area contributed by atoms with Gasteiger partial charge in [0, 0.05) is 5.56 Å². The molecule has 2 aromatic rings. The number of esters is 1. The van der Waals surface area contributed by atoms with Gasteiger partial charge >= 0.3 is 5.97 Å². The van der Waals surface area contributed by atoms with E-state index in [4.69, 9.17) is 9.84 Å². The van der Waals surface area contributed by atoms with Crippen LogP contribution in [0.25, 0.3) is 11.3 Å². The molecule has 0 unspecified atom stereocenters. The molecule has 19 heavy (non-hydrogen) atoms. The number of carbonyl (C=O) groups is 1. The highest BCUT2D eigenvalue weighted by Crippen LogP contribution is 2.22. The molecule has 1 aromatic carbocycles. The molecule has 5 nitrogen and oxygen atoms in total. The summed E-state index contributed by atoms with van der Waals surface area (Å²) in [6, 6.07) is 5.57. The highest BCUT2D eigenvalue weighted by atomic mass is 19.1. The van der Waals surface area contributed by atoms with Gasteiger partial charge in [-0.2, -0.15) is 0 Å². The zero-order valence-corrected chi connectivity index (χ0v) is 10.3. The molecule has 0 amide bonds. The summed E-state index contributed by atoms with van der Waals surface area (Å²) >= 11 is 0. The lowest BCUT2D eigenvalue weighted by Crippen LogP contribution is -2.06. The van der Waals surface area contributed by atoms with Gasteiger partial charge in [0.2, 0.25) is 0 Å². The van der Waals surface area contributed by atoms with Gasteiger partial charge < -0.3 is 14.8 Å². The largest absolute Gasteiger partial charge is 0.461 e. The van der Waals surface area contributed by atoms with E-state index in [-0.39, 0.29) is 30.5 Å². The minimum Gasteiger partial charge on any atom is -0.461 e. The van der Waals surface area contributed by atoms with E-state index in [1.165, 1.54) is 24.3 Å². The SMILES string of the molecule is CCOC(=O)c1[nH]c(CO)nc1-c1ccc(F)cc1. The Labute approximate surface area is 109 Å². The van der Waals surface area contributed by atoms with Gasteiger partial charge in [-0.25, -0.2) is 14.2 Å². The Kier molecular flexibility index (Phi) is 3.91. The quantitative estimate of drug-likeness (QED) is 0.827. The fourth-order valence-electron chi connectivity index (χ4n) is 1.66. The molecule has 2 N–H and O–H groups in total. The van der Waals surface area contributed by atoms with E-state index < -0.39 is 5.97 Å². The van der Waals surface area contributed by atoms with Crippen LogP contribution >= 0.6 is 0 Å². The molecule has 0 bridgehead atoms. The van der Waals surface area contributed by atoms with Gasteiger partial charge in [0.05, 0.1) is 6.61 Å². The first-order chi connectivity index (χ1) is 9.15. The van der Waals surface area contributed by atoms with Crippen LogP contribution in [0.3, 0.4) is 0 Å². The molecule has 0 saturated heterocycles. The molecule has 1 aromatic heterocycles. The number of imidazole rings is 1. The summed E-state index contributed by atoms with van der Waals surface area (Å²) in [7, 11) is 0. The van der Waals surface area contributed by atoms with Crippen molar-refractivity contribution >= 4 is 5.97 Å². The minimum absolute atomic E-state index is 0.150. The van der Waals surface area contributed by atoms with Crippen molar-refractivity contribution < 1.29 is 19.0 Å². The molecule has 0 fully saturated rings. The van der Waals surface area contributed by atoms with Crippen LogP contribution in [0.1, 0.15) is 23.2 Å². The summed E-state index contributed by atoms with van der Waals surface area (Å²) < 4.78 is 17.8. The van der Waals surface area contributed by atoms with Crippen LogP contribution in [-0.4, -0.2) is 27.7 Å². The number of H-pyrrole nitrogens is 1. The summed E-state index contributed by atoms with van der Waals surface area (Å²) in [6.07, 6.45) is 0. The van der Waals surface area contributed by atoms with E-state index in [2.05, 4.69) is 9.97 Å².